The van der Waals surface area contributed by atoms with Crippen molar-refractivity contribution in [3.8, 4) is 0 Å². The summed E-state index contributed by atoms with van der Waals surface area (Å²) in [7, 11) is -1.84. The summed E-state index contributed by atoms with van der Waals surface area (Å²) in [4.78, 5) is 12.4. The van der Waals surface area contributed by atoms with E-state index in [4.69, 9.17) is 5.73 Å². The number of rotatable bonds is 6. The van der Waals surface area contributed by atoms with Crippen molar-refractivity contribution < 1.29 is 13.2 Å². The van der Waals surface area contributed by atoms with Gasteiger partial charge in [-0.25, -0.2) is 8.42 Å². The van der Waals surface area contributed by atoms with Gasteiger partial charge in [0.15, 0.2) is 0 Å². The van der Waals surface area contributed by atoms with Crippen LogP contribution in [-0.4, -0.2) is 48.9 Å². The lowest BCUT2D eigenvalue weighted by Gasteiger charge is -2.25. The molecule has 1 aromatic heterocycles. The largest absolute Gasteiger partial charge is 0.351 e. The summed E-state index contributed by atoms with van der Waals surface area (Å²) >= 11 is 0. The van der Waals surface area contributed by atoms with Crippen molar-refractivity contribution in [1.29, 1.82) is 0 Å². The molecule has 0 aromatic carbocycles. The van der Waals surface area contributed by atoms with Crippen LogP contribution in [0.15, 0.2) is 17.2 Å². The first-order valence-corrected chi connectivity index (χ1v) is 9.46. The second kappa shape index (κ2) is 7.46. The number of hydrogen-bond acceptors (Lipinski definition) is 4. The Morgan fingerprint density at radius 1 is 1.35 bits per heavy atom. The van der Waals surface area contributed by atoms with E-state index in [9.17, 15) is 13.2 Å². The van der Waals surface area contributed by atoms with Gasteiger partial charge in [-0.2, -0.15) is 4.31 Å². The Balaban J connectivity index is 2.12. The lowest BCUT2D eigenvalue weighted by molar-refractivity contribution is 0.0944. The van der Waals surface area contributed by atoms with E-state index in [1.54, 1.807) is 11.6 Å². The van der Waals surface area contributed by atoms with Crippen molar-refractivity contribution in [2.45, 2.75) is 43.5 Å². The maximum Gasteiger partial charge on any atom is 0.267 e. The van der Waals surface area contributed by atoms with Crippen LogP contribution in [0.4, 0.5) is 0 Å². The first kappa shape index (κ1) is 18.0. The number of aryl methyl sites for hydroxylation is 1. The van der Waals surface area contributed by atoms with Gasteiger partial charge < -0.3 is 15.6 Å². The van der Waals surface area contributed by atoms with Crippen LogP contribution in [0.2, 0.25) is 0 Å². The Morgan fingerprint density at radius 2 is 2.00 bits per heavy atom. The minimum Gasteiger partial charge on any atom is -0.351 e. The highest BCUT2D eigenvalue weighted by atomic mass is 32.2. The van der Waals surface area contributed by atoms with Crippen LogP contribution in [0.25, 0.3) is 0 Å². The molecule has 7 nitrogen and oxygen atoms in total. The highest BCUT2D eigenvalue weighted by molar-refractivity contribution is 7.89. The van der Waals surface area contributed by atoms with Crippen molar-refractivity contribution in [3.63, 3.8) is 0 Å². The van der Waals surface area contributed by atoms with Gasteiger partial charge in [-0.1, -0.05) is 6.42 Å². The molecular formula is C15H26N4O3S. The van der Waals surface area contributed by atoms with Crippen molar-refractivity contribution >= 4 is 15.9 Å². The molecule has 1 aliphatic heterocycles. The standard InChI is InChI=1S/C15H26N4O3S/c1-12(16)6-7-17-15(20)14-10-13(11-18(14)2)23(21,22)19-8-4-3-5-9-19/h10-12H,3-9,16H2,1-2H3,(H,17,20). The minimum atomic E-state index is -3.52. The quantitative estimate of drug-likeness (QED) is 0.794. The molecule has 0 spiro atoms. The van der Waals surface area contributed by atoms with E-state index in [1.807, 2.05) is 6.92 Å². The number of carbonyl (C=O) groups is 1. The van der Waals surface area contributed by atoms with E-state index in [-0.39, 0.29) is 16.8 Å². The molecule has 130 valence electrons. The summed E-state index contributed by atoms with van der Waals surface area (Å²) in [5, 5.41) is 2.77. The summed E-state index contributed by atoms with van der Waals surface area (Å²) in [5.41, 5.74) is 5.99. The van der Waals surface area contributed by atoms with Gasteiger partial charge in [0.05, 0.1) is 0 Å². The third-order valence-electron chi connectivity index (χ3n) is 4.05. The molecule has 2 heterocycles. The van der Waals surface area contributed by atoms with E-state index in [0.29, 0.717) is 31.7 Å². The van der Waals surface area contributed by atoms with Gasteiger partial charge >= 0.3 is 0 Å². The van der Waals surface area contributed by atoms with E-state index >= 15 is 0 Å². The second-order valence-corrected chi connectivity index (χ2v) is 8.10. The highest BCUT2D eigenvalue weighted by Gasteiger charge is 2.28. The molecule has 0 radical (unpaired) electrons. The number of nitrogens with two attached hydrogens (primary N) is 1. The Morgan fingerprint density at radius 3 is 2.61 bits per heavy atom. The van der Waals surface area contributed by atoms with E-state index in [1.165, 1.54) is 16.6 Å². The number of aromatic nitrogens is 1. The Labute approximate surface area is 137 Å². The fraction of sp³-hybridized carbons (Fsp3) is 0.667. The molecule has 3 N–H and O–H groups in total. The smallest absolute Gasteiger partial charge is 0.267 e. The lowest BCUT2D eigenvalue weighted by Crippen LogP contribution is -2.35. The Bertz CT molecular complexity index is 646. The number of sulfonamides is 1. The number of nitrogens with one attached hydrogen (secondary N) is 1. The molecule has 1 saturated heterocycles. The molecule has 1 aliphatic rings. The summed E-state index contributed by atoms with van der Waals surface area (Å²) in [6.07, 6.45) is 5.01. The number of nitrogens with zero attached hydrogens (tertiary/aromatic N) is 2. The number of amides is 1. The highest BCUT2D eigenvalue weighted by Crippen LogP contribution is 2.22. The summed E-state index contributed by atoms with van der Waals surface area (Å²) in [5.74, 6) is -0.284. The van der Waals surface area contributed by atoms with Gasteiger partial charge in [0, 0.05) is 38.9 Å². The third-order valence-corrected chi connectivity index (χ3v) is 5.91. The Kier molecular flexibility index (Phi) is 5.83. The van der Waals surface area contributed by atoms with Gasteiger partial charge in [0.1, 0.15) is 10.6 Å². The molecule has 1 amide bonds. The first-order chi connectivity index (χ1) is 10.8. The molecule has 1 atom stereocenters. The monoisotopic (exact) mass is 342 g/mol. The van der Waals surface area contributed by atoms with Gasteiger partial charge in [-0.15, -0.1) is 0 Å². The molecule has 0 aliphatic carbocycles. The summed E-state index contributed by atoms with van der Waals surface area (Å²) in [6, 6.07) is 1.46. The van der Waals surface area contributed by atoms with Crippen molar-refractivity contribution in [2.24, 2.45) is 12.8 Å². The van der Waals surface area contributed by atoms with Crippen LogP contribution >= 0.6 is 0 Å². The zero-order valence-electron chi connectivity index (χ0n) is 13.8. The SMILES string of the molecule is CC(N)CCNC(=O)c1cc(S(=O)(=O)N2CCCCC2)cn1C. The average molecular weight is 342 g/mol. The molecule has 1 fully saturated rings. The van der Waals surface area contributed by atoms with Gasteiger partial charge in [0.25, 0.3) is 5.91 Å². The molecule has 0 bridgehead atoms. The zero-order chi connectivity index (χ0) is 17.0. The van der Waals surface area contributed by atoms with Gasteiger partial charge in [0.2, 0.25) is 10.0 Å². The minimum absolute atomic E-state index is 0.0127. The maximum atomic E-state index is 12.6. The number of hydrogen-bond donors (Lipinski definition) is 2. The average Bonchev–Trinajstić information content (AvgIpc) is 2.90. The lowest BCUT2D eigenvalue weighted by atomic mass is 10.2. The second-order valence-electron chi connectivity index (χ2n) is 6.16. The summed E-state index contributed by atoms with van der Waals surface area (Å²) < 4.78 is 28.3. The molecule has 8 heteroatoms. The van der Waals surface area contributed by atoms with Crippen LogP contribution in [0, 0.1) is 0 Å². The van der Waals surface area contributed by atoms with Gasteiger partial charge in [-0.3, -0.25) is 4.79 Å². The number of carbonyl (C=O) groups excluding carboxylic acids is 1. The molecule has 23 heavy (non-hydrogen) atoms. The van der Waals surface area contributed by atoms with Crippen molar-refractivity contribution in [1.82, 2.24) is 14.2 Å². The van der Waals surface area contributed by atoms with E-state index < -0.39 is 10.0 Å². The molecule has 0 saturated carbocycles. The van der Waals surface area contributed by atoms with Crippen LogP contribution in [0.5, 0.6) is 0 Å². The first-order valence-electron chi connectivity index (χ1n) is 8.02. The van der Waals surface area contributed by atoms with Crippen LogP contribution in [0.3, 0.4) is 0 Å². The van der Waals surface area contributed by atoms with Crippen molar-refractivity contribution in [3.05, 3.63) is 18.0 Å². The maximum absolute atomic E-state index is 12.6. The van der Waals surface area contributed by atoms with E-state index in [0.717, 1.165) is 19.3 Å². The van der Waals surface area contributed by atoms with Crippen LogP contribution in [-0.2, 0) is 17.1 Å². The Hall–Kier alpha value is -1.38. The predicted octanol–water partition coefficient (Wildman–Crippen LogP) is 0.667. The van der Waals surface area contributed by atoms with Crippen LogP contribution in [0.1, 0.15) is 43.1 Å². The summed E-state index contributed by atoms with van der Waals surface area (Å²) in [6.45, 7) is 3.44. The fourth-order valence-corrected chi connectivity index (χ4v) is 4.25. The predicted molar refractivity (Wildman–Crippen MR) is 88.6 cm³/mol. The fourth-order valence-electron chi connectivity index (χ4n) is 2.66. The van der Waals surface area contributed by atoms with E-state index in [2.05, 4.69) is 5.32 Å². The molecular weight excluding hydrogens is 316 g/mol. The molecule has 1 unspecified atom stereocenters. The zero-order valence-corrected chi connectivity index (χ0v) is 14.6. The normalized spacial score (nSPS) is 17.9. The topological polar surface area (TPSA) is 97.4 Å². The molecule has 2 rings (SSSR count). The van der Waals surface area contributed by atoms with Crippen LogP contribution < -0.4 is 11.1 Å². The van der Waals surface area contributed by atoms with Gasteiger partial charge in [-0.05, 0) is 32.3 Å². The molecule has 1 aromatic rings. The number of piperidine rings is 1. The van der Waals surface area contributed by atoms with Crippen molar-refractivity contribution in [2.75, 3.05) is 19.6 Å². The third kappa shape index (κ3) is 4.33.